The van der Waals surface area contributed by atoms with Gasteiger partial charge in [-0.2, -0.15) is 0 Å². The number of piperidine rings is 2. The lowest BCUT2D eigenvalue weighted by Gasteiger charge is -2.33. The van der Waals surface area contributed by atoms with Gasteiger partial charge in [0, 0.05) is 33.0 Å². The van der Waals surface area contributed by atoms with Gasteiger partial charge in [0.05, 0.1) is 5.92 Å². The Morgan fingerprint density at radius 1 is 1.10 bits per heavy atom. The summed E-state index contributed by atoms with van der Waals surface area (Å²) in [4.78, 5) is 48.9. The topological polar surface area (TPSA) is 222 Å². The van der Waals surface area contributed by atoms with Gasteiger partial charge in [0.15, 0.2) is 0 Å². The van der Waals surface area contributed by atoms with Crippen LogP contribution in [0.3, 0.4) is 0 Å². The molecule has 2 heterocycles. The van der Waals surface area contributed by atoms with Crippen LogP contribution in [0.1, 0.15) is 45.4 Å². The number of carboxylic acids is 1. The van der Waals surface area contributed by atoms with Crippen molar-refractivity contribution in [3.8, 4) is 0 Å². The molecule has 0 aromatic rings. The second kappa shape index (κ2) is 15.5. The number of carbonyl (C=O) groups is 4. The third kappa shape index (κ3) is 10.5. The van der Waals surface area contributed by atoms with Crippen LogP contribution in [0.4, 0.5) is 0 Å². The SMILES string of the molecule is CC(=O)N[C@@H](CNC(=O)C1CCCN(C(=O)CCC2CCNCC2)C1)C(=O)O.O.O.O. The van der Waals surface area contributed by atoms with E-state index in [0.29, 0.717) is 31.8 Å². The fourth-order valence-electron chi connectivity index (χ4n) is 3.87. The van der Waals surface area contributed by atoms with Crippen molar-refractivity contribution < 1.29 is 40.7 Å². The third-order valence-corrected chi connectivity index (χ3v) is 5.53. The number of amides is 3. The van der Waals surface area contributed by atoms with Gasteiger partial charge in [-0.05, 0) is 51.1 Å². The standard InChI is InChI=1S/C19H32N4O5.3H2O/c1-13(24)22-16(19(27)28)11-21-18(26)15-3-2-10-23(12-15)17(25)5-4-14-6-8-20-9-7-14;;;/h14-16,20H,2-12H2,1H3,(H,21,26)(H,22,24)(H,27,28);3*1H2/t15?,16-;;;/m0.../s1. The van der Waals surface area contributed by atoms with E-state index in [2.05, 4.69) is 16.0 Å². The maximum atomic E-state index is 12.5. The van der Waals surface area contributed by atoms with E-state index in [4.69, 9.17) is 5.11 Å². The largest absolute Gasteiger partial charge is 0.480 e. The lowest BCUT2D eigenvalue weighted by atomic mass is 9.92. The lowest BCUT2D eigenvalue weighted by molar-refractivity contribution is -0.141. The summed E-state index contributed by atoms with van der Waals surface area (Å²) in [6, 6.07) is -1.16. The summed E-state index contributed by atoms with van der Waals surface area (Å²) in [5.74, 6) is -1.59. The van der Waals surface area contributed by atoms with Crippen molar-refractivity contribution in [3.05, 3.63) is 0 Å². The summed E-state index contributed by atoms with van der Waals surface area (Å²) in [5, 5.41) is 17.3. The number of likely N-dealkylation sites (tertiary alicyclic amines) is 1. The van der Waals surface area contributed by atoms with Crippen molar-refractivity contribution >= 4 is 23.7 Å². The van der Waals surface area contributed by atoms with Crippen LogP contribution in [0, 0.1) is 11.8 Å². The molecule has 0 spiro atoms. The Balaban J connectivity index is 0. The van der Waals surface area contributed by atoms with Crippen molar-refractivity contribution in [1.82, 2.24) is 20.9 Å². The van der Waals surface area contributed by atoms with Gasteiger partial charge >= 0.3 is 5.97 Å². The number of carboxylic acid groups (broad SMARTS) is 1. The molecule has 182 valence electrons. The molecule has 0 saturated carbocycles. The van der Waals surface area contributed by atoms with Crippen LogP contribution < -0.4 is 16.0 Å². The summed E-state index contributed by atoms with van der Waals surface area (Å²) in [7, 11) is 0. The van der Waals surface area contributed by atoms with E-state index in [0.717, 1.165) is 38.8 Å². The molecule has 10 N–H and O–H groups in total. The second-order valence-electron chi connectivity index (χ2n) is 7.75. The molecule has 2 saturated heterocycles. The van der Waals surface area contributed by atoms with Gasteiger partial charge in [-0.3, -0.25) is 14.4 Å². The fourth-order valence-corrected chi connectivity index (χ4v) is 3.87. The highest BCUT2D eigenvalue weighted by atomic mass is 16.4. The number of hydrogen-bond donors (Lipinski definition) is 4. The number of nitrogens with one attached hydrogen (secondary N) is 3. The van der Waals surface area contributed by atoms with E-state index in [-0.39, 0.29) is 40.7 Å². The Morgan fingerprint density at radius 2 is 1.74 bits per heavy atom. The van der Waals surface area contributed by atoms with Gasteiger partial charge in [-0.15, -0.1) is 0 Å². The number of hydrogen-bond acceptors (Lipinski definition) is 5. The molecule has 0 aliphatic carbocycles. The molecule has 31 heavy (non-hydrogen) atoms. The van der Waals surface area contributed by atoms with E-state index in [1.54, 1.807) is 4.90 Å². The minimum absolute atomic E-state index is 0. The molecular formula is C19H38N4O8. The van der Waals surface area contributed by atoms with E-state index < -0.39 is 17.9 Å². The van der Waals surface area contributed by atoms with Crippen LogP contribution >= 0.6 is 0 Å². The fraction of sp³-hybridized carbons (Fsp3) is 0.789. The van der Waals surface area contributed by atoms with E-state index >= 15 is 0 Å². The highest BCUT2D eigenvalue weighted by Crippen LogP contribution is 2.21. The first-order valence-corrected chi connectivity index (χ1v) is 10.1. The molecule has 2 fully saturated rings. The van der Waals surface area contributed by atoms with Crippen molar-refractivity contribution in [2.24, 2.45) is 11.8 Å². The smallest absolute Gasteiger partial charge is 0.328 e. The first-order valence-electron chi connectivity index (χ1n) is 10.1. The Labute approximate surface area is 182 Å². The average Bonchev–Trinajstić information content (AvgIpc) is 2.69. The summed E-state index contributed by atoms with van der Waals surface area (Å²) < 4.78 is 0. The molecule has 0 radical (unpaired) electrons. The average molecular weight is 451 g/mol. The first kappa shape index (κ1) is 30.9. The molecule has 3 amide bonds. The minimum Gasteiger partial charge on any atom is -0.480 e. The van der Waals surface area contributed by atoms with Gasteiger partial charge in [0.25, 0.3) is 0 Å². The first-order chi connectivity index (χ1) is 13.4. The van der Waals surface area contributed by atoms with Crippen LogP contribution in [0.25, 0.3) is 0 Å². The Bertz CT molecular complexity index is 583. The number of carbonyl (C=O) groups excluding carboxylic acids is 3. The molecule has 2 atom stereocenters. The highest BCUT2D eigenvalue weighted by molar-refractivity contribution is 5.84. The van der Waals surface area contributed by atoms with E-state index in [1.807, 2.05) is 0 Å². The molecule has 2 rings (SSSR count). The quantitative estimate of drug-likeness (QED) is 0.306. The predicted molar refractivity (Wildman–Crippen MR) is 113 cm³/mol. The molecule has 12 heteroatoms. The predicted octanol–water partition coefficient (Wildman–Crippen LogP) is -2.76. The Kier molecular flexibility index (Phi) is 15.5. The molecule has 12 nitrogen and oxygen atoms in total. The molecule has 1 unspecified atom stereocenters. The lowest BCUT2D eigenvalue weighted by Crippen LogP contribution is -2.51. The molecule has 2 aliphatic rings. The number of rotatable bonds is 8. The third-order valence-electron chi connectivity index (χ3n) is 5.53. The van der Waals surface area contributed by atoms with Crippen LogP contribution in [-0.2, 0) is 19.2 Å². The van der Waals surface area contributed by atoms with Gasteiger partial charge in [-0.1, -0.05) is 0 Å². The monoisotopic (exact) mass is 450 g/mol. The summed E-state index contributed by atoms with van der Waals surface area (Å²) in [6.45, 7) is 4.12. The molecular weight excluding hydrogens is 412 g/mol. The highest BCUT2D eigenvalue weighted by Gasteiger charge is 2.29. The normalized spacial score (nSPS) is 19.5. The Morgan fingerprint density at radius 3 is 2.32 bits per heavy atom. The summed E-state index contributed by atoms with van der Waals surface area (Å²) in [6.07, 6.45) is 5.05. The molecule has 2 aliphatic heterocycles. The van der Waals surface area contributed by atoms with E-state index in [1.165, 1.54) is 6.92 Å². The zero-order chi connectivity index (χ0) is 20.5. The molecule has 0 aromatic heterocycles. The van der Waals surface area contributed by atoms with Crippen LogP contribution in [0.15, 0.2) is 0 Å². The van der Waals surface area contributed by atoms with Crippen molar-refractivity contribution in [2.75, 3.05) is 32.7 Å². The van der Waals surface area contributed by atoms with Crippen molar-refractivity contribution in [1.29, 1.82) is 0 Å². The zero-order valence-electron chi connectivity index (χ0n) is 18.0. The molecule has 0 bridgehead atoms. The maximum absolute atomic E-state index is 12.5. The van der Waals surface area contributed by atoms with E-state index in [9.17, 15) is 19.2 Å². The van der Waals surface area contributed by atoms with Gasteiger partial charge in [0.1, 0.15) is 6.04 Å². The molecule has 0 aromatic carbocycles. The zero-order valence-corrected chi connectivity index (χ0v) is 18.0. The van der Waals surface area contributed by atoms with Gasteiger partial charge < -0.3 is 42.4 Å². The van der Waals surface area contributed by atoms with Gasteiger partial charge in [-0.25, -0.2) is 4.79 Å². The Hall–Kier alpha value is -2.28. The van der Waals surface area contributed by atoms with Crippen molar-refractivity contribution in [2.45, 2.75) is 51.5 Å². The maximum Gasteiger partial charge on any atom is 0.328 e. The minimum atomic E-state index is -1.20. The number of nitrogens with zero attached hydrogens (tertiary/aromatic N) is 1. The van der Waals surface area contributed by atoms with Crippen LogP contribution in [0.5, 0.6) is 0 Å². The van der Waals surface area contributed by atoms with Crippen LogP contribution in [0.2, 0.25) is 0 Å². The van der Waals surface area contributed by atoms with Crippen LogP contribution in [-0.4, -0.2) is 88.9 Å². The number of aliphatic carboxylic acids is 1. The summed E-state index contributed by atoms with van der Waals surface area (Å²) >= 11 is 0. The van der Waals surface area contributed by atoms with Gasteiger partial charge in [0.2, 0.25) is 17.7 Å². The summed E-state index contributed by atoms with van der Waals surface area (Å²) in [5.41, 5.74) is 0. The second-order valence-corrected chi connectivity index (χ2v) is 7.75. The van der Waals surface area contributed by atoms with Crippen molar-refractivity contribution in [3.63, 3.8) is 0 Å².